The Morgan fingerprint density at radius 2 is 2.00 bits per heavy atom. The van der Waals surface area contributed by atoms with Crippen molar-refractivity contribution in [3.8, 4) is 11.3 Å². The molecule has 24 heavy (non-hydrogen) atoms. The number of nitro groups is 1. The van der Waals surface area contributed by atoms with Gasteiger partial charge in [-0.25, -0.2) is 0 Å². The highest BCUT2D eigenvalue weighted by Gasteiger charge is 2.17. The molecule has 128 valence electrons. The molecule has 1 aromatic carbocycles. The predicted molar refractivity (Wildman–Crippen MR) is 90.9 cm³/mol. The van der Waals surface area contributed by atoms with Gasteiger partial charge in [0.25, 0.3) is 11.6 Å². The number of benzene rings is 1. The molecule has 0 spiro atoms. The molecule has 0 aliphatic heterocycles. The maximum Gasteiger partial charge on any atom is 0.269 e. The first-order valence-corrected chi connectivity index (χ1v) is 7.78. The number of hydrogen-bond donors (Lipinski definition) is 1. The van der Waals surface area contributed by atoms with Crippen molar-refractivity contribution < 1.29 is 14.5 Å². The molecule has 2 aromatic rings. The quantitative estimate of drug-likeness (QED) is 0.456. The molecule has 1 amide bonds. The van der Waals surface area contributed by atoms with E-state index in [0.717, 1.165) is 23.4 Å². The van der Waals surface area contributed by atoms with Gasteiger partial charge in [-0.1, -0.05) is 0 Å². The second kappa shape index (κ2) is 7.74. The highest BCUT2D eigenvalue weighted by Crippen LogP contribution is 2.27. The van der Waals surface area contributed by atoms with Crippen molar-refractivity contribution in [3.63, 3.8) is 0 Å². The first kappa shape index (κ1) is 17.7. The smallest absolute Gasteiger partial charge is 0.269 e. The highest BCUT2D eigenvalue weighted by molar-refractivity contribution is 5.95. The van der Waals surface area contributed by atoms with Gasteiger partial charge in [-0.2, -0.15) is 0 Å². The summed E-state index contributed by atoms with van der Waals surface area (Å²) in [6.45, 7) is 5.74. The Bertz CT molecular complexity index is 735. The molecule has 1 heterocycles. The van der Waals surface area contributed by atoms with E-state index in [0.29, 0.717) is 25.3 Å². The van der Waals surface area contributed by atoms with Crippen molar-refractivity contribution in [2.24, 2.45) is 5.73 Å². The number of rotatable bonds is 8. The van der Waals surface area contributed by atoms with Crippen LogP contribution in [0.4, 0.5) is 5.69 Å². The Morgan fingerprint density at radius 1 is 1.33 bits per heavy atom. The fourth-order valence-corrected chi connectivity index (χ4v) is 2.64. The van der Waals surface area contributed by atoms with Gasteiger partial charge in [0.05, 0.1) is 10.5 Å². The summed E-state index contributed by atoms with van der Waals surface area (Å²) >= 11 is 0. The SMILES string of the molecule is CCOCCCn1c(-c2ccc([N+](=O)[O-])cc2)cc(C(N)=O)c1C. The van der Waals surface area contributed by atoms with Crippen LogP contribution in [0, 0.1) is 17.0 Å². The minimum atomic E-state index is -0.487. The normalized spacial score (nSPS) is 10.8. The van der Waals surface area contributed by atoms with Crippen molar-refractivity contribution >= 4 is 11.6 Å². The topological polar surface area (TPSA) is 100 Å². The number of nitro benzene ring substituents is 1. The van der Waals surface area contributed by atoms with Crippen LogP contribution in [0.1, 0.15) is 29.4 Å². The zero-order valence-corrected chi connectivity index (χ0v) is 13.8. The lowest BCUT2D eigenvalue weighted by molar-refractivity contribution is -0.384. The number of non-ortho nitro benzene ring substituents is 1. The molecule has 2 N–H and O–H groups in total. The van der Waals surface area contributed by atoms with E-state index in [4.69, 9.17) is 10.5 Å². The van der Waals surface area contributed by atoms with Crippen molar-refractivity contribution in [2.75, 3.05) is 13.2 Å². The maximum absolute atomic E-state index is 11.6. The fourth-order valence-electron chi connectivity index (χ4n) is 2.64. The number of carbonyl (C=O) groups excluding carboxylic acids is 1. The maximum atomic E-state index is 11.6. The lowest BCUT2D eigenvalue weighted by Crippen LogP contribution is -2.13. The summed E-state index contributed by atoms with van der Waals surface area (Å²) in [5.41, 5.74) is 8.33. The standard InChI is InChI=1S/C17H21N3O4/c1-3-24-10-4-9-19-12(2)15(17(18)21)11-16(19)13-5-7-14(8-6-13)20(22)23/h5-8,11H,3-4,9-10H2,1-2H3,(H2,18,21). The molecule has 2 rings (SSSR count). The molecule has 7 heteroatoms. The molecule has 7 nitrogen and oxygen atoms in total. The molecule has 0 saturated heterocycles. The average molecular weight is 331 g/mol. The van der Waals surface area contributed by atoms with Gasteiger partial charge in [0.15, 0.2) is 0 Å². The summed E-state index contributed by atoms with van der Waals surface area (Å²) in [7, 11) is 0. The second-order valence-corrected chi connectivity index (χ2v) is 5.40. The third-order valence-electron chi connectivity index (χ3n) is 3.88. The van der Waals surface area contributed by atoms with Crippen molar-refractivity contribution in [1.29, 1.82) is 0 Å². The Balaban J connectivity index is 2.37. The molecular weight excluding hydrogens is 310 g/mol. The minimum absolute atomic E-state index is 0.0278. The Hall–Kier alpha value is -2.67. The van der Waals surface area contributed by atoms with E-state index in [1.54, 1.807) is 18.2 Å². The van der Waals surface area contributed by atoms with Crippen molar-refractivity contribution in [1.82, 2.24) is 4.57 Å². The molecule has 0 fully saturated rings. The van der Waals surface area contributed by atoms with E-state index < -0.39 is 10.8 Å². The first-order chi connectivity index (χ1) is 11.5. The molecule has 0 aliphatic rings. The van der Waals surface area contributed by atoms with Gasteiger partial charge in [-0.3, -0.25) is 14.9 Å². The molecule has 1 aromatic heterocycles. The third kappa shape index (κ3) is 3.80. The van der Waals surface area contributed by atoms with Gasteiger partial charge in [0.1, 0.15) is 0 Å². The fraction of sp³-hybridized carbons (Fsp3) is 0.353. The number of carbonyl (C=O) groups is 1. The number of ether oxygens (including phenoxy) is 1. The van der Waals surface area contributed by atoms with Crippen LogP contribution in [0.2, 0.25) is 0 Å². The Morgan fingerprint density at radius 3 is 2.54 bits per heavy atom. The lowest BCUT2D eigenvalue weighted by Gasteiger charge is -2.12. The summed E-state index contributed by atoms with van der Waals surface area (Å²) < 4.78 is 7.36. The van der Waals surface area contributed by atoms with Gasteiger partial charge in [-0.15, -0.1) is 0 Å². The van der Waals surface area contributed by atoms with Crippen LogP contribution < -0.4 is 5.73 Å². The number of primary amides is 1. The molecule has 0 aliphatic carbocycles. The van der Waals surface area contributed by atoms with E-state index in [1.807, 2.05) is 18.4 Å². The van der Waals surface area contributed by atoms with Crippen LogP contribution in [-0.4, -0.2) is 28.6 Å². The van der Waals surface area contributed by atoms with E-state index >= 15 is 0 Å². The van der Waals surface area contributed by atoms with Gasteiger partial charge >= 0.3 is 0 Å². The summed E-state index contributed by atoms with van der Waals surface area (Å²) in [6.07, 6.45) is 0.793. The number of amides is 1. The first-order valence-electron chi connectivity index (χ1n) is 7.78. The molecule has 0 bridgehead atoms. The van der Waals surface area contributed by atoms with Crippen LogP contribution in [0.3, 0.4) is 0 Å². The molecule has 0 atom stereocenters. The van der Waals surface area contributed by atoms with Gasteiger partial charge in [0.2, 0.25) is 0 Å². The van der Waals surface area contributed by atoms with Gasteiger partial charge < -0.3 is 15.0 Å². The monoisotopic (exact) mass is 331 g/mol. The summed E-state index contributed by atoms with van der Waals surface area (Å²) in [5, 5.41) is 10.8. The largest absolute Gasteiger partial charge is 0.382 e. The summed E-state index contributed by atoms with van der Waals surface area (Å²) in [6, 6.07) is 7.99. The van der Waals surface area contributed by atoms with E-state index in [2.05, 4.69) is 0 Å². The number of aromatic nitrogens is 1. The lowest BCUT2D eigenvalue weighted by atomic mass is 10.1. The third-order valence-corrected chi connectivity index (χ3v) is 3.88. The molecule has 0 radical (unpaired) electrons. The van der Waals surface area contributed by atoms with Crippen molar-refractivity contribution in [2.45, 2.75) is 26.8 Å². The highest BCUT2D eigenvalue weighted by atomic mass is 16.6. The predicted octanol–water partition coefficient (Wildman–Crippen LogP) is 2.90. The second-order valence-electron chi connectivity index (χ2n) is 5.40. The van der Waals surface area contributed by atoms with E-state index in [-0.39, 0.29) is 5.69 Å². The van der Waals surface area contributed by atoms with Crippen molar-refractivity contribution in [3.05, 3.63) is 51.7 Å². The number of nitrogens with two attached hydrogens (primary N) is 1. The van der Waals surface area contributed by atoms with Crippen LogP contribution in [0.5, 0.6) is 0 Å². The summed E-state index contributed by atoms with van der Waals surface area (Å²) in [4.78, 5) is 22.0. The van der Waals surface area contributed by atoms with Gasteiger partial charge in [0, 0.05) is 43.3 Å². The van der Waals surface area contributed by atoms with Crippen LogP contribution in [0.15, 0.2) is 30.3 Å². The van der Waals surface area contributed by atoms with Gasteiger partial charge in [-0.05, 0) is 44.0 Å². The zero-order valence-electron chi connectivity index (χ0n) is 13.8. The number of nitrogens with zero attached hydrogens (tertiary/aromatic N) is 2. The van der Waals surface area contributed by atoms with Crippen LogP contribution >= 0.6 is 0 Å². The summed E-state index contributed by atoms with van der Waals surface area (Å²) in [5.74, 6) is -0.487. The minimum Gasteiger partial charge on any atom is -0.382 e. The average Bonchev–Trinajstić information content (AvgIpc) is 2.89. The Labute approximate surface area is 140 Å². The van der Waals surface area contributed by atoms with Crippen LogP contribution in [0.25, 0.3) is 11.3 Å². The van der Waals surface area contributed by atoms with E-state index in [1.165, 1.54) is 12.1 Å². The number of hydrogen-bond acceptors (Lipinski definition) is 4. The Kier molecular flexibility index (Phi) is 5.70. The molecule has 0 saturated carbocycles. The van der Waals surface area contributed by atoms with E-state index in [9.17, 15) is 14.9 Å². The molecular formula is C17H21N3O4. The zero-order chi connectivity index (χ0) is 17.7. The van der Waals surface area contributed by atoms with Crippen LogP contribution in [-0.2, 0) is 11.3 Å². The molecule has 0 unspecified atom stereocenters.